The Hall–Kier alpha value is -1.31. The van der Waals surface area contributed by atoms with Crippen LogP contribution in [0.15, 0.2) is 23.2 Å². The van der Waals surface area contributed by atoms with Gasteiger partial charge in [-0.2, -0.15) is 0 Å². The van der Waals surface area contributed by atoms with Crippen LogP contribution < -0.4 is 4.74 Å². The number of hydrogen-bond donors (Lipinski definition) is 0. The third kappa shape index (κ3) is 4.62. The standard InChI is InChI=1S/C22H33NO/c1-17(2)24-22-19(16-23-20-13-7-4-8-14-20)12-9-15-21(22)18-10-5-3-6-11-18/h9,12,15-18,20H,3-8,10-11,13-14H2,1-2H3. The molecule has 0 atom stereocenters. The van der Waals surface area contributed by atoms with E-state index < -0.39 is 0 Å². The zero-order chi connectivity index (χ0) is 16.8. The Balaban J connectivity index is 1.84. The van der Waals surface area contributed by atoms with E-state index in [1.165, 1.54) is 75.3 Å². The molecule has 1 aromatic rings. The topological polar surface area (TPSA) is 21.6 Å². The predicted octanol–water partition coefficient (Wildman–Crippen LogP) is 6.27. The van der Waals surface area contributed by atoms with Crippen LogP contribution in [0.5, 0.6) is 5.75 Å². The highest BCUT2D eigenvalue weighted by atomic mass is 16.5. The second kappa shape index (κ2) is 8.69. The second-order valence-corrected chi connectivity index (χ2v) is 7.84. The molecule has 2 aliphatic rings. The number of para-hydroxylation sites is 1. The summed E-state index contributed by atoms with van der Waals surface area (Å²) in [6.07, 6.45) is 15.5. The highest BCUT2D eigenvalue weighted by molar-refractivity contribution is 5.84. The fourth-order valence-corrected chi connectivity index (χ4v) is 4.20. The Kier molecular flexibility index (Phi) is 6.34. The Morgan fingerprint density at radius 2 is 1.62 bits per heavy atom. The summed E-state index contributed by atoms with van der Waals surface area (Å²) in [7, 11) is 0. The van der Waals surface area contributed by atoms with E-state index in [9.17, 15) is 0 Å². The van der Waals surface area contributed by atoms with Crippen LogP contribution in [0.2, 0.25) is 0 Å². The predicted molar refractivity (Wildman–Crippen MR) is 102 cm³/mol. The van der Waals surface area contributed by atoms with Gasteiger partial charge in [0.1, 0.15) is 5.75 Å². The van der Waals surface area contributed by atoms with Crippen LogP contribution in [-0.4, -0.2) is 18.4 Å². The molecule has 0 heterocycles. The maximum absolute atomic E-state index is 6.28. The lowest BCUT2D eigenvalue weighted by Crippen LogP contribution is -2.14. The molecular formula is C22H33NO. The zero-order valence-electron chi connectivity index (χ0n) is 15.5. The first-order valence-electron chi connectivity index (χ1n) is 10.1. The molecule has 1 aromatic carbocycles. The molecule has 3 rings (SSSR count). The van der Waals surface area contributed by atoms with Crippen LogP contribution in [0.3, 0.4) is 0 Å². The van der Waals surface area contributed by atoms with Crippen LogP contribution in [-0.2, 0) is 0 Å². The Morgan fingerprint density at radius 1 is 0.958 bits per heavy atom. The molecule has 0 spiro atoms. The van der Waals surface area contributed by atoms with Gasteiger partial charge in [0.15, 0.2) is 0 Å². The summed E-state index contributed by atoms with van der Waals surface area (Å²) in [5, 5.41) is 0. The number of benzene rings is 1. The third-order valence-corrected chi connectivity index (χ3v) is 5.47. The summed E-state index contributed by atoms with van der Waals surface area (Å²) < 4.78 is 6.28. The van der Waals surface area contributed by atoms with Crippen LogP contribution >= 0.6 is 0 Å². The fourth-order valence-electron chi connectivity index (χ4n) is 4.20. The van der Waals surface area contributed by atoms with Crippen molar-refractivity contribution in [3.8, 4) is 5.75 Å². The summed E-state index contributed by atoms with van der Waals surface area (Å²) >= 11 is 0. The van der Waals surface area contributed by atoms with Gasteiger partial charge in [-0.1, -0.05) is 50.7 Å². The van der Waals surface area contributed by atoms with Crippen molar-refractivity contribution in [3.63, 3.8) is 0 Å². The minimum atomic E-state index is 0.205. The molecule has 0 aromatic heterocycles. The first-order valence-corrected chi connectivity index (χ1v) is 10.1. The number of nitrogens with zero attached hydrogens (tertiary/aromatic N) is 1. The molecule has 24 heavy (non-hydrogen) atoms. The first kappa shape index (κ1) is 17.5. The van der Waals surface area contributed by atoms with Crippen LogP contribution in [0.25, 0.3) is 0 Å². The summed E-state index contributed by atoms with van der Waals surface area (Å²) in [5.74, 6) is 1.76. The van der Waals surface area contributed by atoms with Crippen molar-refractivity contribution in [1.29, 1.82) is 0 Å². The minimum Gasteiger partial charge on any atom is -0.490 e. The molecule has 0 amide bonds. The largest absolute Gasteiger partial charge is 0.490 e. The molecule has 0 radical (unpaired) electrons. The number of hydrogen-bond acceptors (Lipinski definition) is 2. The molecule has 2 fully saturated rings. The van der Waals surface area contributed by atoms with Gasteiger partial charge in [-0.3, -0.25) is 4.99 Å². The van der Waals surface area contributed by atoms with Crippen molar-refractivity contribution in [2.45, 2.75) is 96.1 Å². The normalized spacial score (nSPS) is 20.8. The Bertz CT molecular complexity index is 537. The average Bonchev–Trinajstić information content (AvgIpc) is 2.62. The van der Waals surface area contributed by atoms with E-state index in [-0.39, 0.29) is 6.10 Å². The molecule has 132 valence electrons. The molecule has 2 saturated carbocycles. The van der Waals surface area contributed by atoms with Crippen molar-refractivity contribution >= 4 is 6.21 Å². The van der Waals surface area contributed by atoms with Gasteiger partial charge in [-0.25, -0.2) is 0 Å². The van der Waals surface area contributed by atoms with Crippen LogP contribution in [0.1, 0.15) is 95.1 Å². The lowest BCUT2D eigenvalue weighted by atomic mass is 9.83. The fraction of sp³-hybridized carbons (Fsp3) is 0.682. The van der Waals surface area contributed by atoms with E-state index in [0.29, 0.717) is 12.0 Å². The second-order valence-electron chi connectivity index (χ2n) is 7.84. The molecule has 2 nitrogen and oxygen atoms in total. The molecule has 0 aliphatic heterocycles. The number of ether oxygens (including phenoxy) is 1. The van der Waals surface area contributed by atoms with Crippen LogP contribution in [0, 0.1) is 0 Å². The smallest absolute Gasteiger partial charge is 0.131 e. The van der Waals surface area contributed by atoms with E-state index in [1.807, 2.05) is 0 Å². The van der Waals surface area contributed by atoms with Crippen molar-refractivity contribution in [1.82, 2.24) is 0 Å². The number of aliphatic imine (C=N–C) groups is 1. The van der Waals surface area contributed by atoms with Gasteiger partial charge in [-0.05, 0) is 57.1 Å². The quantitative estimate of drug-likeness (QED) is 0.584. The van der Waals surface area contributed by atoms with Crippen molar-refractivity contribution in [3.05, 3.63) is 29.3 Å². The van der Waals surface area contributed by atoms with E-state index >= 15 is 0 Å². The SMILES string of the molecule is CC(C)Oc1c(C=NC2CCCCC2)cccc1C1CCCCC1. The van der Waals surface area contributed by atoms with Gasteiger partial charge in [0, 0.05) is 17.8 Å². The van der Waals surface area contributed by atoms with Gasteiger partial charge in [0.25, 0.3) is 0 Å². The summed E-state index contributed by atoms with van der Waals surface area (Å²) in [6, 6.07) is 7.17. The molecule has 2 heteroatoms. The van der Waals surface area contributed by atoms with E-state index in [1.54, 1.807) is 0 Å². The van der Waals surface area contributed by atoms with E-state index in [2.05, 4.69) is 38.3 Å². The van der Waals surface area contributed by atoms with E-state index in [4.69, 9.17) is 9.73 Å². The van der Waals surface area contributed by atoms with Gasteiger partial charge < -0.3 is 4.74 Å². The lowest BCUT2D eigenvalue weighted by molar-refractivity contribution is 0.236. The van der Waals surface area contributed by atoms with Crippen molar-refractivity contribution < 1.29 is 4.74 Å². The first-order chi connectivity index (χ1) is 11.7. The van der Waals surface area contributed by atoms with E-state index in [0.717, 1.165) is 5.75 Å². The maximum Gasteiger partial charge on any atom is 0.131 e. The zero-order valence-corrected chi connectivity index (χ0v) is 15.5. The molecule has 0 saturated heterocycles. The van der Waals surface area contributed by atoms with Crippen molar-refractivity contribution in [2.75, 3.05) is 0 Å². The van der Waals surface area contributed by atoms with Gasteiger partial charge in [-0.15, -0.1) is 0 Å². The number of rotatable bonds is 5. The van der Waals surface area contributed by atoms with Gasteiger partial charge >= 0.3 is 0 Å². The summed E-state index contributed by atoms with van der Waals surface area (Å²) in [4.78, 5) is 4.90. The monoisotopic (exact) mass is 327 g/mol. The van der Waals surface area contributed by atoms with Gasteiger partial charge in [0.2, 0.25) is 0 Å². The molecule has 0 N–H and O–H groups in total. The minimum absolute atomic E-state index is 0.205. The Labute approximate surface area is 147 Å². The molecule has 0 bridgehead atoms. The third-order valence-electron chi connectivity index (χ3n) is 5.47. The summed E-state index contributed by atoms with van der Waals surface area (Å²) in [6.45, 7) is 4.25. The maximum atomic E-state index is 6.28. The highest BCUT2D eigenvalue weighted by Crippen LogP contribution is 2.39. The molecule has 0 unspecified atom stereocenters. The van der Waals surface area contributed by atoms with Gasteiger partial charge in [0.05, 0.1) is 6.10 Å². The van der Waals surface area contributed by atoms with Crippen molar-refractivity contribution in [2.24, 2.45) is 4.99 Å². The average molecular weight is 328 g/mol. The molecular weight excluding hydrogens is 294 g/mol. The summed E-state index contributed by atoms with van der Waals surface area (Å²) in [5.41, 5.74) is 2.59. The lowest BCUT2D eigenvalue weighted by Gasteiger charge is -2.26. The molecule has 2 aliphatic carbocycles. The van der Waals surface area contributed by atoms with Crippen LogP contribution in [0.4, 0.5) is 0 Å². The highest BCUT2D eigenvalue weighted by Gasteiger charge is 2.21. The Morgan fingerprint density at radius 3 is 2.29 bits per heavy atom.